The third kappa shape index (κ3) is 3.19. The number of hydrogen-bond acceptors (Lipinski definition) is 5. The molecular formula is C15H12ClN3OS2. The van der Waals surface area contributed by atoms with Crippen molar-refractivity contribution in [2.75, 3.05) is 0 Å². The Morgan fingerprint density at radius 3 is 2.73 bits per heavy atom. The first-order chi connectivity index (χ1) is 10.6. The lowest BCUT2D eigenvalue weighted by Crippen LogP contribution is -2.26. The number of thiophene rings is 1. The summed E-state index contributed by atoms with van der Waals surface area (Å²) < 4.78 is 3.91. The molecule has 0 aliphatic heterocycles. The minimum Gasteiger partial charge on any atom is -0.345 e. The largest absolute Gasteiger partial charge is 0.345 e. The van der Waals surface area contributed by atoms with Crippen LogP contribution in [0.15, 0.2) is 41.8 Å². The van der Waals surface area contributed by atoms with Gasteiger partial charge in [-0.3, -0.25) is 4.79 Å². The summed E-state index contributed by atoms with van der Waals surface area (Å²) in [5, 5.41) is 9.67. The normalized spacial score (nSPS) is 12.1. The van der Waals surface area contributed by atoms with Crippen LogP contribution in [-0.4, -0.2) is 15.5 Å². The van der Waals surface area contributed by atoms with E-state index in [1.165, 1.54) is 11.3 Å². The molecule has 0 spiro atoms. The molecule has 0 aliphatic carbocycles. The zero-order chi connectivity index (χ0) is 15.5. The van der Waals surface area contributed by atoms with E-state index in [2.05, 4.69) is 14.9 Å². The summed E-state index contributed by atoms with van der Waals surface area (Å²) in [4.78, 5) is 13.9. The number of nitrogens with one attached hydrogen (secondary N) is 1. The summed E-state index contributed by atoms with van der Waals surface area (Å²) in [5.41, 5.74) is 1.63. The minimum atomic E-state index is -0.166. The molecule has 0 bridgehead atoms. The SMILES string of the molecule is CC(NC(=O)c1snnc1-c1cccs1)c1ccc(Cl)cc1. The summed E-state index contributed by atoms with van der Waals surface area (Å²) in [5.74, 6) is -0.166. The van der Waals surface area contributed by atoms with Crippen LogP contribution >= 0.6 is 34.5 Å². The van der Waals surface area contributed by atoms with Crippen molar-refractivity contribution in [1.29, 1.82) is 0 Å². The number of carbonyl (C=O) groups excluding carboxylic acids is 1. The number of halogens is 1. The van der Waals surface area contributed by atoms with Gasteiger partial charge in [-0.15, -0.1) is 16.4 Å². The van der Waals surface area contributed by atoms with Gasteiger partial charge in [0.15, 0.2) is 0 Å². The molecule has 3 aromatic rings. The first-order valence-corrected chi connectivity index (χ1v) is 8.61. The van der Waals surface area contributed by atoms with Crippen molar-refractivity contribution in [2.45, 2.75) is 13.0 Å². The van der Waals surface area contributed by atoms with Crippen molar-refractivity contribution in [1.82, 2.24) is 14.9 Å². The summed E-state index contributed by atoms with van der Waals surface area (Å²) in [6, 6.07) is 11.2. The van der Waals surface area contributed by atoms with Crippen molar-refractivity contribution >= 4 is 40.4 Å². The average Bonchev–Trinajstić information content (AvgIpc) is 3.18. The van der Waals surface area contributed by atoms with E-state index in [0.717, 1.165) is 22.0 Å². The predicted molar refractivity (Wildman–Crippen MR) is 90.6 cm³/mol. The molecule has 2 aromatic heterocycles. The van der Waals surface area contributed by atoms with Gasteiger partial charge in [0, 0.05) is 5.02 Å². The Hall–Kier alpha value is -1.76. The molecule has 1 N–H and O–H groups in total. The molecule has 0 fully saturated rings. The number of hydrogen-bond donors (Lipinski definition) is 1. The van der Waals surface area contributed by atoms with E-state index in [9.17, 15) is 4.79 Å². The molecule has 1 atom stereocenters. The summed E-state index contributed by atoms with van der Waals surface area (Å²) in [6.45, 7) is 1.93. The maximum atomic E-state index is 12.5. The molecule has 1 amide bonds. The number of amides is 1. The van der Waals surface area contributed by atoms with Crippen LogP contribution in [0.5, 0.6) is 0 Å². The Kier molecular flexibility index (Phi) is 4.52. The number of benzene rings is 1. The van der Waals surface area contributed by atoms with Gasteiger partial charge in [0.2, 0.25) is 0 Å². The van der Waals surface area contributed by atoms with Crippen LogP contribution in [-0.2, 0) is 0 Å². The van der Waals surface area contributed by atoms with Gasteiger partial charge in [-0.2, -0.15) is 0 Å². The summed E-state index contributed by atoms with van der Waals surface area (Å²) in [7, 11) is 0. The van der Waals surface area contributed by atoms with Gasteiger partial charge in [-0.05, 0) is 47.6 Å². The van der Waals surface area contributed by atoms with Crippen molar-refractivity contribution in [3.8, 4) is 10.6 Å². The maximum Gasteiger partial charge on any atom is 0.265 e. The van der Waals surface area contributed by atoms with Crippen LogP contribution < -0.4 is 5.32 Å². The predicted octanol–water partition coefficient (Wildman–Crippen LogP) is 4.41. The second kappa shape index (κ2) is 6.56. The maximum absolute atomic E-state index is 12.5. The number of aromatic nitrogens is 2. The standard InChI is InChI=1S/C15H12ClN3OS2/c1-9(10-4-6-11(16)7-5-10)17-15(20)14-13(18-19-22-14)12-3-2-8-21-12/h2-9H,1H3,(H,17,20). The average molecular weight is 350 g/mol. The highest BCUT2D eigenvalue weighted by Gasteiger charge is 2.20. The van der Waals surface area contributed by atoms with E-state index < -0.39 is 0 Å². The third-order valence-electron chi connectivity index (χ3n) is 3.17. The lowest BCUT2D eigenvalue weighted by Gasteiger charge is -2.13. The van der Waals surface area contributed by atoms with Crippen LogP contribution in [0.1, 0.15) is 28.2 Å². The molecule has 0 saturated heterocycles. The van der Waals surface area contributed by atoms with Gasteiger partial charge in [0.05, 0.1) is 10.9 Å². The number of nitrogens with zero attached hydrogens (tertiary/aromatic N) is 2. The van der Waals surface area contributed by atoms with Gasteiger partial charge >= 0.3 is 0 Å². The van der Waals surface area contributed by atoms with E-state index in [4.69, 9.17) is 11.6 Å². The van der Waals surface area contributed by atoms with Gasteiger partial charge in [-0.1, -0.05) is 34.3 Å². The van der Waals surface area contributed by atoms with Crippen LogP contribution in [0.25, 0.3) is 10.6 Å². The van der Waals surface area contributed by atoms with Crippen LogP contribution in [0.2, 0.25) is 5.02 Å². The summed E-state index contributed by atoms with van der Waals surface area (Å²) in [6.07, 6.45) is 0. The van der Waals surface area contributed by atoms with E-state index in [1.54, 1.807) is 0 Å². The van der Waals surface area contributed by atoms with Gasteiger partial charge in [-0.25, -0.2) is 0 Å². The fraction of sp³-hybridized carbons (Fsp3) is 0.133. The van der Waals surface area contributed by atoms with Crippen molar-refractivity contribution < 1.29 is 4.79 Å². The van der Waals surface area contributed by atoms with E-state index in [-0.39, 0.29) is 11.9 Å². The molecule has 112 valence electrons. The second-order valence-corrected chi connectivity index (χ2v) is 6.81. The molecule has 2 heterocycles. The Labute approximate surface area is 140 Å². The molecule has 22 heavy (non-hydrogen) atoms. The highest BCUT2D eigenvalue weighted by molar-refractivity contribution is 7.14. The van der Waals surface area contributed by atoms with Crippen LogP contribution in [0.3, 0.4) is 0 Å². The summed E-state index contributed by atoms with van der Waals surface area (Å²) >= 11 is 8.53. The molecule has 0 radical (unpaired) electrons. The lowest BCUT2D eigenvalue weighted by molar-refractivity contribution is 0.0944. The third-order valence-corrected chi connectivity index (χ3v) is 5.02. The van der Waals surface area contributed by atoms with Crippen molar-refractivity contribution in [2.24, 2.45) is 0 Å². The van der Waals surface area contributed by atoms with Gasteiger partial charge in [0.25, 0.3) is 5.91 Å². The molecule has 1 aromatic carbocycles. The molecule has 0 saturated carbocycles. The highest BCUT2D eigenvalue weighted by atomic mass is 35.5. The van der Waals surface area contributed by atoms with E-state index in [0.29, 0.717) is 15.6 Å². The Bertz CT molecular complexity index is 768. The van der Waals surface area contributed by atoms with Crippen molar-refractivity contribution in [3.05, 3.63) is 57.2 Å². The zero-order valence-electron chi connectivity index (χ0n) is 11.6. The first kappa shape index (κ1) is 15.1. The van der Waals surface area contributed by atoms with Crippen LogP contribution in [0, 0.1) is 0 Å². The molecule has 0 aliphatic rings. The highest BCUT2D eigenvalue weighted by Crippen LogP contribution is 2.28. The number of rotatable bonds is 4. The Balaban J connectivity index is 1.78. The first-order valence-electron chi connectivity index (χ1n) is 6.57. The van der Waals surface area contributed by atoms with E-state index >= 15 is 0 Å². The number of carbonyl (C=O) groups is 1. The van der Waals surface area contributed by atoms with Gasteiger partial charge in [0.1, 0.15) is 10.6 Å². The smallest absolute Gasteiger partial charge is 0.265 e. The fourth-order valence-corrected chi connectivity index (χ4v) is 3.50. The molecule has 7 heteroatoms. The topological polar surface area (TPSA) is 54.9 Å². The Morgan fingerprint density at radius 1 is 1.27 bits per heavy atom. The van der Waals surface area contributed by atoms with Gasteiger partial charge < -0.3 is 5.32 Å². The molecule has 4 nitrogen and oxygen atoms in total. The van der Waals surface area contributed by atoms with Crippen LogP contribution in [0.4, 0.5) is 0 Å². The zero-order valence-corrected chi connectivity index (χ0v) is 14.0. The monoisotopic (exact) mass is 349 g/mol. The molecular weight excluding hydrogens is 338 g/mol. The van der Waals surface area contributed by atoms with E-state index in [1.807, 2.05) is 48.7 Å². The lowest BCUT2D eigenvalue weighted by atomic mass is 10.1. The molecule has 3 rings (SSSR count). The Morgan fingerprint density at radius 2 is 2.05 bits per heavy atom. The molecule has 1 unspecified atom stereocenters. The fourth-order valence-electron chi connectivity index (χ4n) is 2.01. The van der Waals surface area contributed by atoms with Crippen molar-refractivity contribution in [3.63, 3.8) is 0 Å². The second-order valence-electron chi connectivity index (χ2n) is 4.67. The quantitative estimate of drug-likeness (QED) is 0.759. The minimum absolute atomic E-state index is 0.122.